The Balaban J connectivity index is 0.000000169. The van der Waals surface area contributed by atoms with Crippen molar-refractivity contribution in [2.75, 3.05) is 11.9 Å². The summed E-state index contributed by atoms with van der Waals surface area (Å²) >= 11 is 2.36. The monoisotopic (exact) mass is 422 g/mol. The number of hydrogen-bond acceptors (Lipinski definition) is 7. The van der Waals surface area contributed by atoms with E-state index in [4.69, 9.17) is 16.0 Å². The molecule has 2 aliphatic carbocycles. The van der Waals surface area contributed by atoms with Gasteiger partial charge in [-0.15, -0.1) is 11.3 Å². The van der Waals surface area contributed by atoms with Crippen molar-refractivity contribution in [1.29, 1.82) is 0 Å². The first kappa shape index (κ1) is 21.1. The molecule has 0 fully saturated rings. The fraction of sp³-hybridized carbons (Fsp3) is 0.474. The zero-order chi connectivity index (χ0) is 20.3. The Hall–Kier alpha value is -1.65. The average Bonchev–Trinajstić information content (AvgIpc) is 3.41. The lowest BCUT2D eigenvalue weighted by Gasteiger charge is -2.16. The number of aliphatic hydroxyl groups is 2. The first-order chi connectivity index (χ1) is 13.4. The number of thiazole rings is 1. The molecule has 7 nitrogen and oxygen atoms in total. The number of anilines is 1. The summed E-state index contributed by atoms with van der Waals surface area (Å²) in [6.07, 6.45) is 8.44. The van der Waals surface area contributed by atoms with Gasteiger partial charge in [-0.25, -0.2) is 9.78 Å². The molecule has 4 rings (SSSR count). The minimum absolute atomic E-state index is 0.338. The molecule has 1 aromatic carbocycles. The Morgan fingerprint density at radius 2 is 1.89 bits per heavy atom. The zero-order valence-electron chi connectivity index (χ0n) is 15.8. The van der Waals surface area contributed by atoms with Crippen molar-refractivity contribution >= 4 is 35.0 Å². The molecule has 1 atom stereocenters. The van der Waals surface area contributed by atoms with E-state index < -0.39 is 11.6 Å². The maximum Gasteiger partial charge on any atom is 0.316 e. The van der Waals surface area contributed by atoms with E-state index in [1.165, 1.54) is 53.4 Å². The minimum Gasteiger partial charge on any atom is -0.393 e. The average molecular weight is 423 g/mol. The lowest BCUT2D eigenvalue weighted by molar-refractivity contribution is -0.00244. The molecule has 0 radical (unpaired) electrons. The molecule has 1 aromatic heterocycles. The summed E-state index contributed by atoms with van der Waals surface area (Å²) in [6.45, 7) is 1.17. The minimum atomic E-state index is -1.25. The highest BCUT2D eigenvalue weighted by Gasteiger charge is 2.26. The first-order valence-electron chi connectivity index (χ1n) is 9.25. The second-order valence-corrected chi connectivity index (χ2v) is 9.22. The number of aromatic nitrogens is 1. The number of aryl methyl sites for hydroxylation is 2. The van der Waals surface area contributed by atoms with Crippen LogP contribution in [0.4, 0.5) is 10.5 Å². The quantitative estimate of drug-likeness (QED) is 0.481. The van der Waals surface area contributed by atoms with Crippen LogP contribution < -0.4 is 16.2 Å². The lowest BCUT2D eigenvalue weighted by Crippen LogP contribution is -2.25. The smallest absolute Gasteiger partial charge is 0.316 e. The summed E-state index contributed by atoms with van der Waals surface area (Å²) in [6, 6.07) is 1.91. The third kappa shape index (κ3) is 4.49. The van der Waals surface area contributed by atoms with Crippen LogP contribution in [0.5, 0.6) is 0 Å². The van der Waals surface area contributed by atoms with Gasteiger partial charge in [0.1, 0.15) is 10.6 Å². The van der Waals surface area contributed by atoms with Gasteiger partial charge in [0, 0.05) is 5.69 Å². The largest absolute Gasteiger partial charge is 0.393 e. The number of urea groups is 1. The van der Waals surface area contributed by atoms with Crippen molar-refractivity contribution in [2.45, 2.75) is 55.3 Å². The van der Waals surface area contributed by atoms with Gasteiger partial charge in [0.2, 0.25) is 0 Å². The van der Waals surface area contributed by atoms with Crippen molar-refractivity contribution in [1.82, 2.24) is 4.98 Å². The maximum absolute atomic E-state index is 11.1. The second kappa shape index (κ2) is 8.79. The highest BCUT2D eigenvalue weighted by Crippen LogP contribution is 2.38. The van der Waals surface area contributed by atoms with Crippen LogP contribution in [-0.2, 0) is 31.3 Å². The molecule has 0 spiro atoms. The van der Waals surface area contributed by atoms with Gasteiger partial charge in [-0.2, -0.15) is 0 Å². The third-order valence-electron chi connectivity index (χ3n) is 5.09. The van der Waals surface area contributed by atoms with E-state index in [1.54, 1.807) is 6.20 Å². The van der Waals surface area contributed by atoms with Crippen molar-refractivity contribution in [3.63, 3.8) is 0 Å². The number of carbonyl (C=O) groups is 1. The summed E-state index contributed by atoms with van der Waals surface area (Å²) < 4.78 is 0.818. The molecule has 152 valence electrons. The predicted octanol–water partition coefficient (Wildman–Crippen LogP) is 2.46. The van der Waals surface area contributed by atoms with Crippen LogP contribution in [0.2, 0.25) is 0 Å². The fourth-order valence-corrected chi connectivity index (χ4v) is 4.95. The van der Waals surface area contributed by atoms with Gasteiger partial charge >= 0.3 is 6.03 Å². The van der Waals surface area contributed by atoms with Crippen LogP contribution in [0, 0.1) is 0 Å². The number of nitrogens with one attached hydrogen (secondary N) is 1. The van der Waals surface area contributed by atoms with Crippen LogP contribution in [0.15, 0.2) is 16.5 Å². The molecule has 0 saturated heterocycles. The van der Waals surface area contributed by atoms with Crippen molar-refractivity contribution < 1.29 is 15.0 Å². The molecule has 2 aliphatic rings. The molecule has 0 aliphatic heterocycles. The van der Waals surface area contributed by atoms with Gasteiger partial charge in [-0.1, -0.05) is 6.07 Å². The van der Waals surface area contributed by atoms with Gasteiger partial charge in [-0.05, 0) is 79.7 Å². The number of hydrogen-bond donors (Lipinski definition) is 5. The van der Waals surface area contributed by atoms with Crippen LogP contribution >= 0.6 is 23.3 Å². The first-order valence-corrected chi connectivity index (χ1v) is 10.9. The number of aliphatic hydroxyl groups excluding tert-OH is 1. The Morgan fingerprint density at radius 1 is 1.29 bits per heavy atom. The molecule has 7 N–H and O–H groups in total. The highest BCUT2D eigenvalue weighted by molar-refractivity contribution is 7.99. The number of benzene rings is 1. The van der Waals surface area contributed by atoms with Gasteiger partial charge < -0.3 is 21.3 Å². The summed E-state index contributed by atoms with van der Waals surface area (Å²) in [7, 11) is 0. The molecular weight excluding hydrogens is 396 g/mol. The van der Waals surface area contributed by atoms with E-state index >= 15 is 0 Å². The SMILES string of the molecule is CC(O)(CO)c1ncc(SN)s1.NC(=O)Nc1c2c(cc3c1CCC3)CCC2. The van der Waals surface area contributed by atoms with E-state index in [-0.39, 0.29) is 6.61 Å². The molecular formula is C19H26N4O3S2. The third-order valence-corrected chi connectivity index (χ3v) is 7.01. The molecule has 2 amide bonds. The van der Waals surface area contributed by atoms with E-state index in [2.05, 4.69) is 16.4 Å². The maximum atomic E-state index is 11.1. The molecule has 9 heteroatoms. The number of nitrogens with two attached hydrogens (primary N) is 2. The van der Waals surface area contributed by atoms with Crippen LogP contribution in [0.3, 0.4) is 0 Å². The van der Waals surface area contributed by atoms with Crippen molar-refractivity contribution in [3.8, 4) is 0 Å². The number of nitrogens with zero attached hydrogens (tertiary/aromatic N) is 1. The van der Waals surface area contributed by atoms with E-state index in [0.29, 0.717) is 5.01 Å². The molecule has 1 unspecified atom stereocenters. The Bertz CT molecular complexity index is 835. The summed E-state index contributed by atoms with van der Waals surface area (Å²) in [5.41, 5.74) is 10.6. The van der Waals surface area contributed by atoms with Crippen LogP contribution in [0.25, 0.3) is 0 Å². The fourth-order valence-electron chi connectivity index (χ4n) is 3.72. The molecule has 2 aromatic rings. The summed E-state index contributed by atoms with van der Waals surface area (Å²) in [5, 5.41) is 27.0. The van der Waals surface area contributed by atoms with E-state index in [0.717, 1.165) is 47.5 Å². The molecule has 0 saturated carbocycles. The van der Waals surface area contributed by atoms with Crippen LogP contribution in [-0.4, -0.2) is 27.8 Å². The van der Waals surface area contributed by atoms with Gasteiger partial charge in [0.25, 0.3) is 0 Å². The Morgan fingerprint density at radius 3 is 2.36 bits per heavy atom. The standard InChI is InChI=1S/C13H16N2O.C6H10N2O2S2/c14-13(16)15-12-10-5-1-3-8(10)7-9-4-2-6-11(9)12;1-6(10,3-9)5-8-2-4(11-5)12-7/h7H,1-6H2,(H3,14,15,16);2,9-10H,3,7H2,1H3. The van der Waals surface area contributed by atoms with Gasteiger partial charge in [-0.3, -0.25) is 5.14 Å². The van der Waals surface area contributed by atoms with Crippen molar-refractivity contribution in [2.24, 2.45) is 10.9 Å². The molecule has 0 bridgehead atoms. The molecule has 1 heterocycles. The Kier molecular flexibility index (Phi) is 6.61. The second-order valence-electron chi connectivity index (χ2n) is 7.26. The number of primary amides is 1. The lowest BCUT2D eigenvalue weighted by atomic mass is 9.99. The van der Waals surface area contributed by atoms with Crippen LogP contribution in [0.1, 0.15) is 47.0 Å². The van der Waals surface area contributed by atoms with Gasteiger partial charge in [0.15, 0.2) is 0 Å². The highest BCUT2D eigenvalue weighted by atomic mass is 32.2. The summed E-state index contributed by atoms with van der Waals surface area (Å²) in [4.78, 5) is 15.0. The topological polar surface area (TPSA) is 134 Å². The zero-order valence-corrected chi connectivity index (χ0v) is 17.5. The summed E-state index contributed by atoms with van der Waals surface area (Å²) in [5.74, 6) is 0. The number of amides is 2. The predicted molar refractivity (Wildman–Crippen MR) is 113 cm³/mol. The number of rotatable bonds is 4. The van der Waals surface area contributed by atoms with Gasteiger partial charge in [0.05, 0.1) is 17.0 Å². The number of carbonyl (C=O) groups excluding carboxylic acids is 1. The van der Waals surface area contributed by atoms with Crippen molar-refractivity contribution in [3.05, 3.63) is 39.5 Å². The van der Waals surface area contributed by atoms with E-state index in [9.17, 15) is 9.90 Å². The number of fused-ring (bicyclic) bond motifs is 2. The van der Waals surface area contributed by atoms with E-state index in [1.807, 2.05) is 0 Å². The normalized spacial score (nSPS) is 16.6. The molecule has 28 heavy (non-hydrogen) atoms. The Labute approximate surface area is 172 Å².